The molecule has 10 heteroatoms. The van der Waals surface area contributed by atoms with Crippen LogP contribution in [0.1, 0.15) is 33.1 Å². The lowest BCUT2D eigenvalue weighted by atomic mass is 10.0. The van der Waals surface area contributed by atoms with E-state index in [0.29, 0.717) is 18.7 Å². The Morgan fingerprint density at radius 3 is 1.97 bits per heavy atom. The third-order valence-electron chi connectivity index (χ3n) is 4.49. The fourth-order valence-electron chi connectivity index (χ4n) is 2.63. The summed E-state index contributed by atoms with van der Waals surface area (Å²) in [6, 6.07) is 0. The largest absolute Gasteiger partial charge is 0.463 e. The van der Waals surface area contributed by atoms with Gasteiger partial charge in [0.25, 0.3) is 0 Å². The highest BCUT2D eigenvalue weighted by Gasteiger charge is 2.30. The van der Waals surface area contributed by atoms with Crippen molar-refractivity contribution in [3.63, 3.8) is 0 Å². The van der Waals surface area contributed by atoms with Gasteiger partial charge >= 0.3 is 11.9 Å². The molecular weight excluding hydrogens is 410 g/mol. The van der Waals surface area contributed by atoms with Crippen LogP contribution in [0.4, 0.5) is 0 Å². The number of hydrogen-bond donors (Lipinski definition) is 5. The lowest BCUT2D eigenvalue weighted by Gasteiger charge is -2.26. The van der Waals surface area contributed by atoms with Gasteiger partial charge in [-0.05, 0) is 39.8 Å². The number of rotatable bonds is 11. The van der Waals surface area contributed by atoms with Crippen LogP contribution in [0, 0.1) is 0 Å². The lowest BCUT2D eigenvalue weighted by molar-refractivity contribution is -0.152. The number of nitrogens with zero attached hydrogens (tertiary/aromatic N) is 1. The van der Waals surface area contributed by atoms with Crippen LogP contribution in [0.3, 0.4) is 0 Å². The van der Waals surface area contributed by atoms with Crippen LogP contribution in [-0.2, 0) is 19.1 Å². The number of carbonyl (C=O) groups is 2. The van der Waals surface area contributed by atoms with Gasteiger partial charge in [-0.2, -0.15) is 0 Å². The molecule has 4 atom stereocenters. The van der Waals surface area contributed by atoms with E-state index in [1.54, 1.807) is 0 Å². The van der Waals surface area contributed by atoms with Gasteiger partial charge in [-0.15, -0.1) is 0 Å². The minimum absolute atomic E-state index is 0.127. The number of esters is 2. The predicted octanol–water partition coefficient (Wildman–Crippen LogP) is -0.867. The quantitative estimate of drug-likeness (QED) is 0.199. The lowest BCUT2D eigenvalue weighted by Crippen LogP contribution is -2.47. The molecule has 1 aliphatic rings. The first-order chi connectivity index (χ1) is 14.5. The summed E-state index contributed by atoms with van der Waals surface area (Å²) in [5.74, 6) is -0.994. The fraction of sp³-hybridized carbons (Fsp3) is 0.714. The van der Waals surface area contributed by atoms with E-state index in [0.717, 1.165) is 13.1 Å². The van der Waals surface area contributed by atoms with E-state index in [2.05, 4.69) is 22.8 Å². The van der Waals surface area contributed by atoms with E-state index in [9.17, 15) is 24.9 Å². The first-order valence-electron chi connectivity index (χ1n) is 10.3. The summed E-state index contributed by atoms with van der Waals surface area (Å²) in [5, 5.41) is 45.5. The number of likely N-dealkylation sites (tertiary alicyclic amines) is 1. The second kappa shape index (κ2) is 15.9. The summed E-state index contributed by atoms with van der Waals surface area (Å²) in [6.07, 6.45) is -2.87. The maximum atomic E-state index is 11.3. The van der Waals surface area contributed by atoms with Crippen LogP contribution in [-0.4, -0.2) is 106 Å². The molecule has 5 N–H and O–H groups in total. The third-order valence-corrected chi connectivity index (χ3v) is 4.49. The number of hydrogen-bond acceptors (Lipinski definition) is 10. The van der Waals surface area contributed by atoms with Crippen molar-refractivity contribution in [2.45, 2.75) is 57.5 Å². The molecule has 0 spiro atoms. The van der Waals surface area contributed by atoms with Gasteiger partial charge in [0.15, 0.2) is 0 Å². The predicted molar refractivity (Wildman–Crippen MR) is 113 cm³/mol. The van der Waals surface area contributed by atoms with E-state index < -0.39 is 43.6 Å². The van der Waals surface area contributed by atoms with E-state index in [4.69, 9.17) is 14.9 Å². The van der Waals surface area contributed by atoms with E-state index in [-0.39, 0.29) is 11.5 Å². The van der Waals surface area contributed by atoms with Crippen molar-refractivity contribution in [3.05, 3.63) is 24.3 Å². The number of carbonyl (C=O) groups excluding carboxylic acids is 2. The Balaban J connectivity index is 0.000000590. The van der Waals surface area contributed by atoms with Crippen LogP contribution >= 0.6 is 0 Å². The molecule has 1 saturated heterocycles. The molecule has 0 aromatic rings. The number of aliphatic hydroxyl groups is 5. The molecule has 0 aliphatic carbocycles. The van der Waals surface area contributed by atoms with Gasteiger partial charge in [0.1, 0.15) is 31.0 Å². The molecular formula is C21H37NO9. The Hall–Kier alpha value is -1.82. The average Bonchev–Trinajstić information content (AvgIpc) is 2.76. The first kappa shape index (κ1) is 29.2. The molecule has 0 aromatic carbocycles. The van der Waals surface area contributed by atoms with Gasteiger partial charge in [-0.1, -0.05) is 19.6 Å². The molecule has 1 heterocycles. The molecule has 0 aromatic heterocycles. The van der Waals surface area contributed by atoms with Crippen LogP contribution in [0.15, 0.2) is 24.3 Å². The van der Waals surface area contributed by atoms with E-state index >= 15 is 0 Å². The monoisotopic (exact) mass is 447 g/mol. The van der Waals surface area contributed by atoms with Gasteiger partial charge in [0.2, 0.25) is 0 Å². The second-order valence-electron chi connectivity index (χ2n) is 7.34. The summed E-state index contributed by atoms with van der Waals surface area (Å²) < 4.78 is 9.43. The molecule has 0 radical (unpaired) electrons. The van der Waals surface area contributed by atoms with Crippen molar-refractivity contribution < 1.29 is 44.6 Å². The summed E-state index contributed by atoms with van der Waals surface area (Å²) in [7, 11) is 0. The van der Waals surface area contributed by atoms with Gasteiger partial charge < -0.3 is 35.0 Å². The van der Waals surface area contributed by atoms with Crippen molar-refractivity contribution in [1.29, 1.82) is 0 Å². The molecule has 0 bridgehead atoms. The average molecular weight is 448 g/mol. The highest BCUT2D eigenvalue weighted by Crippen LogP contribution is 2.10. The molecule has 1 rings (SSSR count). The Morgan fingerprint density at radius 2 is 1.48 bits per heavy atom. The molecule has 1 aliphatic heterocycles. The fourth-order valence-corrected chi connectivity index (χ4v) is 2.63. The summed E-state index contributed by atoms with van der Waals surface area (Å²) in [6.45, 7) is 12.2. The van der Waals surface area contributed by atoms with Crippen molar-refractivity contribution in [3.8, 4) is 0 Å². The Labute approximate surface area is 183 Å². The van der Waals surface area contributed by atoms with E-state index in [1.807, 2.05) is 6.92 Å². The normalized spacial score (nSPS) is 17.9. The SMILES string of the molecule is C=C(C)C(=O)OC[C@H](O)[C@@H](O)[C@H](O)[C@H](O)CO.C=C(CN1CCCCC1)C(=O)OCC. The maximum Gasteiger partial charge on any atom is 0.334 e. The van der Waals surface area contributed by atoms with E-state index in [1.165, 1.54) is 26.2 Å². The van der Waals surface area contributed by atoms with Gasteiger partial charge in [0, 0.05) is 17.7 Å². The second-order valence-corrected chi connectivity index (χ2v) is 7.34. The summed E-state index contributed by atoms with van der Waals surface area (Å²) in [5.41, 5.74) is 0.705. The Bertz CT molecular complexity index is 575. The molecule has 31 heavy (non-hydrogen) atoms. The standard InChI is InChI=1S/C11H19NO2.C10H18O7/c1-3-14-11(13)10(2)9-12-7-5-4-6-8-12;1-5(2)10(16)17-4-7(13)9(15)8(14)6(12)3-11/h2-9H2,1H3;6-9,11-15H,1,3-4H2,2H3/t;6-,7+,8-,9-/m.1/s1. The first-order valence-corrected chi connectivity index (χ1v) is 10.3. The van der Waals surface area contributed by atoms with Gasteiger partial charge in [0.05, 0.1) is 13.2 Å². The molecule has 10 nitrogen and oxygen atoms in total. The van der Waals surface area contributed by atoms with Crippen molar-refractivity contribution in [2.24, 2.45) is 0 Å². The molecule has 0 unspecified atom stereocenters. The van der Waals surface area contributed by atoms with Gasteiger partial charge in [-0.25, -0.2) is 9.59 Å². The minimum Gasteiger partial charge on any atom is -0.463 e. The van der Waals surface area contributed by atoms with Crippen LogP contribution in [0.5, 0.6) is 0 Å². The van der Waals surface area contributed by atoms with Crippen molar-refractivity contribution >= 4 is 11.9 Å². The Morgan fingerprint density at radius 1 is 0.935 bits per heavy atom. The number of piperidine rings is 1. The zero-order valence-electron chi connectivity index (χ0n) is 18.4. The maximum absolute atomic E-state index is 11.3. The Kier molecular flexibility index (Phi) is 15.0. The molecule has 0 amide bonds. The zero-order valence-corrected chi connectivity index (χ0v) is 18.4. The smallest absolute Gasteiger partial charge is 0.334 e. The van der Waals surface area contributed by atoms with Crippen molar-refractivity contribution in [1.82, 2.24) is 4.90 Å². The van der Waals surface area contributed by atoms with Crippen LogP contribution in [0.25, 0.3) is 0 Å². The molecule has 0 saturated carbocycles. The minimum atomic E-state index is -1.74. The molecule has 180 valence electrons. The van der Waals surface area contributed by atoms with Crippen LogP contribution < -0.4 is 0 Å². The summed E-state index contributed by atoms with van der Waals surface area (Å²) in [4.78, 5) is 24.5. The highest BCUT2D eigenvalue weighted by atomic mass is 16.5. The topological polar surface area (TPSA) is 157 Å². The van der Waals surface area contributed by atoms with Crippen LogP contribution in [0.2, 0.25) is 0 Å². The molecule has 1 fully saturated rings. The highest BCUT2D eigenvalue weighted by molar-refractivity contribution is 5.88. The number of aliphatic hydroxyl groups excluding tert-OH is 5. The zero-order chi connectivity index (χ0) is 24.0. The summed E-state index contributed by atoms with van der Waals surface area (Å²) >= 11 is 0. The van der Waals surface area contributed by atoms with Gasteiger partial charge in [-0.3, -0.25) is 4.90 Å². The van der Waals surface area contributed by atoms with Crippen molar-refractivity contribution in [2.75, 3.05) is 39.5 Å². The number of ether oxygens (including phenoxy) is 2. The third kappa shape index (κ3) is 12.0.